The molecule has 6 heteroatoms. The third-order valence-corrected chi connectivity index (χ3v) is 3.07. The minimum Gasteiger partial charge on any atom is -0.480 e. The van der Waals surface area contributed by atoms with E-state index in [2.05, 4.69) is 11.9 Å². The Balaban J connectivity index is 2.43. The number of amides is 2. The van der Waals surface area contributed by atoms with Gasteiger partial charge in [0.2, 0.25) is 0 Å². The molecule has 15 heavy (non-hydrogen) atoms. The number of carbonyl (C=O) groups is 2. The molecule has 1 atom stereocenters. The van der Waals surface area contributed by atoms with Crippen molar-refractivity contribution in [2.75, 3.05) is 18.2 Å². The first-order chi connectivity index (χ1) is 7.16. The maximum atomic E-state index is 11.5. The second-order valence-electron chi connectivity index (χ2n) is 3.13. The van der Waals surface area contributed by atoms with E-state index in [0.717, 1.165) is 0 Å². The lowest BCUT2D eigenvalue weighted by molar-refractivity contribution is -0.140. The number of urea groups is 1. The topological polar surface area (TPSA) is 69.6 Å². The van der Waals surface area contributed by atoms with E-state index >= 15 is 0 Å². The minimum atomic E-state index is -0.945. The molecule has 0 radical (unpaired) electrons. The Morgan fingerprint density at radius 2 is 2.40 bits per heavy atom. The number of rotatable bonds is 4. The van der Waals surface area contributed by atoms with Crippen LogP contribution in [0.1, 0.15) is 6.42 Å². The normalized spacial score (nSPS) is 20.0. The Bertz CT molecular complexity index is 270. The van der Waals surface area contributed by atoms with Gasteiger partial charge in [-0.3, -0.25) is 0 Å². The van der Waals surface area contributed by atoms with E-state index in [-0.39, 0.29) is 6.03 Å². The Morgan fingerprint density at radius 1 is 1.67 bits per heavy atom. The van der Waals surface area contributed by atoms with Crippen LogP contribution in [0.3, 0.4) is 0 Å². The van der Waals surface area contributed by atoms with Crippen molar-refractivity contribution in [1.29, 1.82) is 0 Å². The SMILES string of the molecule is C=CCCNC(=O)N1CSCC1C(=O)O. The van der Waals surface area contributed by atoms with Crippen LogP contribution in [0.15, 0.2) is 12.7 Å². The summed E-state index contributed by atoms with van der Waals surface area (Å²) in [5.74, 6) is -0.0416. The molecule has 1 aliphatic rings. The summed E-state index contributed by atoms with van der Waals surface area (Å²) >= 11 is 1.45. The van der Waals surface area contributed by atoms with E-state index in [1.54, 1.807) is 6.08 Å². The molecule has 1 aliphatic heterocycles. The van der Waals surface area contributed by atoms with Crippen LogP contribution in [0, 0.1) is 0 Å². The van der Waals surface area contributed by atoms with Crippen molar-refractivity contribution in [3.8, 4) is 0 Å². The fraction of sp³-hybridized carbons (Fsp3) is 0.556. The van der Waals surface area contributed by atoms with Crippen LogP contribution in [-0.2, 0) is 4.79 Å². The molecule has 0 aliphatic carbocycles. The van der Waals surface area contributed by atoms with Gasteiger partial charge in [0.1, 0.15) is 6.04 Å². The van der Waals surface area contributed by atoms with Gasteiger partial charge in [-0.25, -0.2) is 9.59 Å². The lowest BCUT2D eigenvalue weighted by Crippen LogP contribution is -2.47. The highest BCUT2D eigenvalue weighted by Crippen LogP contribution is 2.20. The number of nitrogens with one attached hydrogen (secondary N) is 1. The van der Waals surface area contributed by atoms with Gasteiger partial charge >= 0.3 is 12.0 Å². The molecule has 84 valence electrons. The number of thioether (sulfide) groups is 1. The molecule has 0 aromatic rings. The van der Waals surface area contributed by atoms with Crippen LogP contribution in [0.4, 0.5) is 4.79 Å². The predicted octanol–water partition coefficient (Wildman–Crippen LogP) is 0.732. The van der Waals surface area contributed by atoms with E-state index in [0.29, 0.717) is 24.6 Å². The van der Waals surface area contributed by atoms with Crippen molar-refractivity contribution < 1.29 is 14.7 Å². The van der Waals surface area contributed by atoms with Gasteiger partial charge in [-0.05, 0) is 6.42 Å². The number of nitrogens with zero attached hydrogens (tertiary/aromatic N) is 1. The lowest BCUT2D eigenvalue weighted by Gasteiger charge is -2.20. The molecule has 2 N–H and O–H groups in total. The highest BCUT2D eigenvalue weighted by Gasteiger charge is 2.34. The van der Waals surface area contributed by atoms with Gasteiger partial charge in [0.15, 0.2) is 0 Å². The van der Waals surface area contributed by atoms with E-state index in [1.807, 2.05) is 0 Å². The summed E-state index contributed by atoms with van der Waals surface area (Å²) in [5.41, 5.74) is 0. The molecule has 0 saturated carbocycles. The van der Waals surface area contributed by atoms with Crippen molar-refractivity contribution in [3.63, 3.8) is 0 Å². The van der Waals surface area contributed by atoms with Gasteiger partial charge < -0.3 is 15.3 Å². The largest absolute Gasteiger partial charge is 0.480 e. The summed E-state index contributed by atoms with van der Waals surface area (Å²) < 4.78 is 0. The van der Waals surface area contributed by atoms with Crippen LogP contribution < -0.4 is 5.32 Å². The molecule has 1 fully saturated rings. The van der Waals surface area contributed by atoms with E-state index in [4.69, 9.17) is 5.11 Å². The summed E-state index contributed by atoms with van der Waals surface area (Å²) in [7, 11) is 0. The summed E-state index contributed by atoms with van der Waals surface area (Å²) in [6, 6.07) is -1.01. The fourth-order valence-electron chi connectivity index (χ4n) is 1.23. The van der Waals surface area contributed by atoms with Crippen molar-refractivity contribution in [1.82, 2.24) is 10.2 Å². The first-order valence-corrected chi connectivity index (χ1v) is 5.78. The van der Waals surface area contributed by atoms with Gasteiger partial charge in [0.05, 0.1) is 5.88 Å². The van der Waals surface area contributed by atoms with Gasteiger partial charge in [0.25, 0.3) is 0 Å². The molecule has 0 aromatic heterocycles. The van der Waals surface area contributed by atoms with Crippen molar-refractivity contribution in [2.45, 2.75) is 12.5 Å². The third kappa shape index (κ3) is 3.16. The molecule has 0 aromatic carbocycles. The minimum absolute atomic E-state index is 0.311. The zero-order valence-electron chi connectivity index (χ0n) is 8.31. The maximum Gasteiger partial charge on any atom is 0.327 e. The van der Waals surface area contributed by atoms with Gasteiger partial charge in [0, 0.05) is 12.3 Å². The predicted molar refractivity (Wildman–Crippen MR) is 58.8 cm³/mol. The molecule has 1 unspecified atom stereocenters. The third-order valence-electron chi connectivity index (χ3n) is 2.05. The first kappa shape index (κ1) is 11.9. The van der Waals surface area contributed by atoms with Crippen molar-refractivity contribution in [2.24, 2.45) is 0 Å². The second-order valence-corrected chi connectivity index (χ2v) is 4.13. The molecule has 2 amide bonds. The number of carboxylic acids is 1. The second kappa shape index (κ2) is 5.65. The molecule has 0 spiro atoms. The summed E-state index contributed by atoms with van der Waals surface area (Å²) in [4.78, 5) is 23.7. The van der Waals surface area contributed by atoms with E-state index in [1.165, 1.54) is 16.7 Å². The van der Waals surface area contributed by atoms with Gasteiger partial charge in [-0.15, -0.1) is 18.3 Å². The standard InChI is InChI=1S/C9H14N2O3S/c1-2-3-4-10-9(14)11-6-15-5-7(11)8(12)13/h2,7H,1,3-6H2,(H,10,14)(H,12,13). The molecule has 1 rings (SSSR count). The Morgan fingerprint density at radius 3 is 3.00 bits per heavy atom. The van der Waals surface area contributed by atoms with Crippen LogP contribution >= 0.6 is 11.8 Å². The van der Waals surface area contributed by atoms with E-state index < -0.39 is 12.0 Å². The van der Waals surface area contributed by atoms with Crippen molar-refractivity contribution in [3.05, 3.63) is 12.7 Å². The number of aliphatic carboxylic acids is 1. The zero-order chi connectivity index (χ0) is 11.3. The smallest absolute Gasteiger partial charge is 0.327 e. The number of hydrogen-bond acceptors (Lipinski definition) is 3. The van der Waals surface area contributed by atoms with Crippen LogP contribution in [0.5, 0.6) is 0 Å². The van der Waals surface area contributed by atoms with Crippen molar-refractivity contribution >= 4 is 23.8 Å². The summed E-state index contributed by atoms with van der Waals surface area (Å²) in [6.45, 7) is 4.03. The highest BCUT2D eigenvalue weighted by molar-refractivity contribution is 7.99. The Hall–Kier alpha value is -1.17. The molecular weight excluding hydrogens is 216 g/mol. The average Bonchev–Trinajstić information content (AvgIpc) is 2.66. The lowest BCUT2D eigenvalue weighted by atomic mass is 10.3. The van der Waals surface area contributed by atoms with Gasteiger partial charge in [-0.1, -0.05) is 6.08 Å². The molecular formula is C9H14N2O3S. The van der Waals surface area contributed by atoms with Crippen LogP contribution in [0.2, 0.25) is 0 Å². The first-order valence-electron chi connectivity index (χ1n) is 4.62. The van der Waals surface area contributed by atoms with Gasteiger partial charge in [-0.2, -0.15) is 0 Å². The number of hydrogen-bond donors (Lipinski definition) is 2. The summed E-state index contributed by atoms with van der Waals surface area (Å²) in [6.07, 6.45) is 2.39. The average molecular weight is 230 g/mol. The molecule has 0 bridgehead atoms. The fourth-order valence-corrected chi connectivity index (χ4v) is 2.38. The quantitative estimate of drug-likeness (QED) is 0.552. The summed E-state index contributed by atoms with van der Waals surface area (Å²) in [5, 5.41) is 11.5. The van der Waals surface area contributed by atoms with E-state index in [9.17, 15) is 9.59 Å². The molecule has 1 heterocycles. The number of carbonyl (C=O) groups excluding carboxylic acids is 1. The zero-order valence-corrected chi connectivity index (χ0v) is 9.13. The highest BCUT2D eigenvalue weighted by atomic mass is 32.2. The molecule has 5 nitrogen and oxygen atoms in total. The maximum absolute atomic E-state index is 11.5. The van der Waals surface area contributed by atoms with Crippen LogP contribution in [-0.4, -0.2) is 46.2 Å². The molecule has 1 saturated heterocycles. The van der Waals surface area contributed by atoms with Crippen LogP contribution in [0.25, 0.3) is 0 Å². The monoisotopic (exact) mass is 230 g/mol. The number of carboxylic acid groups (broad SMARTS) is 1. The Labute approximate surface area is 92.5 Å². The Kier molecular flexibility index (Phi) is 4.48.